The number of aromatic nitrogens is 2. The fourth-order valence-electron chi connectivity index (χ4n) is 1.76. The second-order valence-electron chi connectivity index (χ2n) is 3.79. The summed E-state index contributed by atoms with van der Waals surface area (Å²) in [6.45, 7) is 0. The summed E-state index contributed by atoms with van der Waals surface area (Å²) in [7, 11) is 2.94. The lowest BCUT2D eigenvalue weighted by molar-refractivity contribution is 0.0689. The SMILES string of the molecule is COc1c(-c2cc(C(=O)O)nn2C)ccc(F)c1Cl. The first-order valence-electron chi connectivity index (χ1n) is 5.25. The van der Waals surface area contributed by atoms with E-state index in [0.29, 0.717) is 11.3 Å². The van der Waals surface area contributed by atoms with Gasteiger partial charge in [0, 0.05) is 12.6 Å². The van der Waals surface area contributed by atoms with E-state index in [2.05, 4.69) is 5.10 Å². The molecule has 1 heterocycles. The fourth-order valence-corrected chi connectivity index (χ4v) is 2.00. The van der Waals surface area contributed by atoms with Gasteiger partial charge in [0.05, 0.1) is 12.8 Å². The predicted octanol–water partition coefficient (Wildman–Crippen LogP) is 2.59. The van der Waals surface area contributed by atoms with Crippen molar-refractivity contribution in [2.45, 2.75) is 0 Å². The van der Waals surface area contributed by atoms with Crippen molar-refractivity contribution >= 4 is 17.6 Å². The summed E-state index contributed by atoms with van der Waals surface area (Å²) in [6, 6.07) is 4.02. The molecule has 0 aliphatic carbocycles. The van der Waals surface area contributed by atoms with Gasteiger partial charge in [-0.1, -0.05) is 11.6 Å². The molecule has 0 spiro atoms. The molecule has 19 heavy (non-hydrogen) atoms. The summed E-state index contributed by atoms with van der Waals surface area (Å²) in [4.78, 5) is 10.9. The Morgan fingerprint density at radius 2 is 2.21 bits per heavy atom. The molecule has 0 bridgehead atoms. The first-order chi connectivity index (χ1) is 8.95. The quantitative estimate of drug-likeness (QED) is 0.941. The molecule has 0 saturated heterocycles. The summed E-state index contributed by atoms with van der Waals surface area (Å²) in [6.07, 6.45) is 0. The molecule has 0 amide bonds. The third-order valence-electron chi connectivity index (χ3n) is 2.63. The van der Waals surface area contributed by atoms with Crippen LogP contribution in [0.25, 0.3) is 11.3 Å². The van der Waals surface area contributed by atoms with Crippen molar-refractivity contribution in [1.82, 2.24) is 9.78 Å². The number of methoxy groups -OCH3 is 1. The predicted molar refractivity (Wildman–Crippen MR) is 67.1 cm³/mol. The van der Waals surface area contributed by atoms with E-state index in [0.717, 1.165) is 0 Å². The van der Waals surface area contributed by atoms with Crippen LogP contribution in [0.15, 0.2) is 18.2 Å². The molecule has 2 aromatic rings. The van der Waals surface area contributed by atoms with Crippen molar-refractivity contribution in [2.75, 3.05) is 7.11 Å². The minimum Gasteiger partial charge on any atom is -0.494 e. The minimum atomic E-state index is -1.14. The Bertz CT molecular complexity index is 655. The molecule has 100 valence electrons. The molecule has 7 heteroatoms. The van der Waals surface area contributed by atoms with Crippen molar-refractivity contribution in [3.05, 3.63) is 34.7 Å². The van der Waals surface area contributed by atoms with E-state index in [1.165, 1.54) is 30.0 Å². The standard InChI is InChI=1S/C12H10ClFN2O3/c1-16-9(5-8(15-16)12(17)18)6-3-4-7(14)10(13)11(6)19-2/h3-5H,1-2H3,(H,17,18). The lowest BCUT2D eigenvalue weighted by atomic mass is 10.1. The van der Waals surface area contributed by atoms with E-state index in [9.17, 15) is 9.18 Å². The highest BCUT2D eigenvalue weighted by atomic mass is 35.5. The summed E-state index contributed by atoms with van der Waals surface area (Å²) < 4.78 is 19.8. The Kier molecular flexibility index (Phi) is 3.44. The van der Waals surface area contributed by atoms with Gasteiger partial charge in [0.25, 0.3) is 0 Å². The molecule has 1 aromatic carbocycles. The number of aromatic carboxylic acids is 1. The van der Waals surface area contributed by atoms with Gasteiger partial charge in [0.15, 0.2) is 5.69 Å². The number of halogens is 2. The van der Waals surface area contributed by atoms with Crippen molar-refractivity contribution in [1.29, 1.82) is 0 Å². The van der Waals surface area contributed by atoms with E-state index in [1.54, 1.807) is 7.05 Å². The average Bonchev–Trinajstić information content (AvgIpc) is 2.75. The van der Waals surface area contributed by atoms with Gasteiger partial charge in [-0.2, -0.15) is 5.10 Å². The van der Waals surface area contributed by atoms with Crippen LogP contribution in [0.4, 0.5) is 4.39 Å². The van der Waals surface area contributed by atoms with Gasteiger partial charge in [-0.05, 0) is 18.2 Å². The topological polar surface area (TPSA) is 64.3 Å². The number of nitrogens with zero attached hydrogens (tertiary/aromatic N) is 2. The molecule has 0 radical (unpaired) electrons. The molecular formula is C12H10ClFN2O3. The highest BCUT2D eigenvalue weighted by Crippen LogP contribution is 2.37. The zero-order valence-electron chi connectivity index (χ0n) is 10.1. The fraction of sp³-hybridized carbons (Fsp3) is 0.167. The van der Waals surface area contributed by atoms with Gasteiger partial charge in [-0.25, -0.2) is 9.18 Å². The van der Waals surface area contributed by atoms with E-state index in [4.69, 9.17) is 21.4 Å². The Morgan fingerprint density at radius 3 is 2.74 bits per heavy atom. The van der Waals surface area contributed by atoms with Crippen molar-refractivity contribution in [3.8, 4) is 17.0 Å². The van der Waals surface area contributed by atoms with Crippen LogP contribution in [0.3, 0.4) is 0 Å². The molecule has 1 aromatic heterocycles. The van der Waals surface area contributed by atoms with Gasteiger partial charge in [-0.15, -0.1) is 0 Å². The number of aryl methyl sites for hydroxylation is 1. The van der Waals surface area contributed by atoms with Gasteiger partial charge in [0.1, 0.15) is 16.6 Å². The van der Waals surface area contributed by atoms with Crippen LogP contribution < -0.4 is 4.74 Å². The van der Waals surface area contributed by atoms with Gasteiger partial charge in [0.2, 0.25) is 0 Å². The Labute approximate surface area is 113 Å². The molecule has 1 N–H and O–H groups in total. The summed E-state index contributed by atoms with van der Waals surface area (Å²) in [5.41, 5.74) is 0.826. The van der Waals surface area contributed by atoms with Crippen LogP contribution in [0.1, 0.15) is 10.5 Å². The maximum absolute atomic E-state index is 13.4. The van der Waals surface area contributed by atoms with Crippen LogP contribution in [0.5, 0.6) is 5.75 Å². The van der Waals surface area contributed by atoms with Gasteiger partial charge < -0.3 is 9.84 Å². The maximum Gasteiger partial charge on any atom is 0.356 e. The largest absolute Gasteiger partial charge is 0.494 e. The molecule has 5 nitrogen and oxygen atoms in total. The number of benzene rings is 1. The molecule has 0 atom stereocenters. The highest BCUT2D eigenvalue weighted by molar-refractivity contribution is 6.32. The number of hydrogen-bond donors (Lipinski definition) is 1. The molecule has 0 fully saturated rings. The smallest absolute Gasteiger partial charge is 0.356 e. The first-order valence-corrected chi connectivity index (χ1v) is 5.63. The van der Waals surface area contributed by atoms with E-state index < -0.39 is 11.8 Å². The third kappa shape index (κ3) is 2.26. The second kappa shape index (κ2) is 4.89. The van der Waals surface area contributed by atoms with Crippen molar-refractivity contribution in [3.63, 3.8) is 0 Å². The number of carboxylic acids is 1. The van der Waals surface area contributed by atoms with Crippen LogP contribution in [-0.2, 0) is 7.05 Å². The first kappa shape index (κ1) is 13.4. The van der Waals surface area contributed by atoms with Crippen LogP contribution in [0, 0.1) is 5.82 Å². The molecule has 0 unspecified atom stereocenters. The Morgan fingerprint density at radius 1 is 1.53 bits per heavy atom. The third-order valence-corrected chi connectivity index (χ3v) is 2.98. The lowest BCUT2D eigenvalue weighted by Gasteiger charge is -2.10. The van der Waals surface area contributed by atoms with E-state index in [1.807, 2.05) is 0 Å². The number of carbonyl (C=O) groups is 1. The minimum absolute atomic E-state index is 0.111. The monoisotopic (exact) mass is 284 g/mol. The molecule has 2 rings (SSSR count). The summed E-state index contributed by atoms with van der Waals surface area (Å²) >= 11 is 5.82. The molecule has 0 saturated carbocycles. The average molecular weight is 285 g/mol. The van der Waals surface area contributed by atoms with Crippen molar-refractivity contribution < 1.29 is 19.0 Å². The van der Waals surface area contributed by atoms with Crippen LogP contribution in [-0.4, -0.2) is 28.0 Å². The lowest BCUT2D eigenvalue weighted by Crippen LogP contribution is -2.00. The highest BCUT2D eigenvalue weighted by Gasteiger charge is 2.19. The maximum atomic E-state index is 13.4. The van der Waals surface area contributed by atoms with Gasteiger partial charge in [-0.3, -0.25) is 4.68 Å². The zero-order valence-corrected chi connectivity index (χ0v) is 10.9. The van der Waals surface area contributed by atoms with Crippen LogP contribution >= 0.6 is 11.6 Å². The molecular weight excluding hydrogens is 275 g/mol. The van der Waals surface area contributed by atoms with Crippen LogP contribution in [0.2, 0.25) is 5.02 Å². The second-order valence-corrected chi connectivity index (χ2v) is 4.16. The van der Waals surface area contributed by atoms with Crippen molar-refractivity contribution in [2.24, 2.45) is 7.05 Å². The zero-order chi connectivity index (χ0) is 14.2. The van der Waals surface area contributed by atoms with E-state index >= 15 is 0 Å². The summed E-state index contributed by atoms with van der Waals surface area (Å²) in [5, 5.41) is 12.6. The number of carboxylic acid groups (broad SMARTS) is 1. The Balaban J connectivity index is 2.65. The number of rotatable bonds is 3. The van der Waals surface area contributed by atoms with Gasteiger partial charge >= 0.3 is 5.97 Å². The van der Waals surface area contributed by atoms with E-state index in [-0.39, 0.29) is 16.5 Å². The normalized spacial score (nSPS) is 10.5. The number of ether oxygens (including phenoxy) is 1. The Hall–Kier alpha value is -2.08. The molecule has 0 aliphatic heterocycles. The molecule has 0 aliphatic rings. The summed E-state index contributed by atoms with van der Waals surface area (Å²) in [5.74, 6) is -1.61. The number of hydrogen-bond acceptors (Lipinski definition) is 3.